The molecule has 0 aliphatic heterocycles. The summed E-state index contributed by atoms with van der Waals surface area (Å²) >= 11 is 0. The molecule has 0 aromatic heterocycles. The van der Waals surface area contributed by atoms with Crippen LogP contribution in [-0.2, 0) is 24.8 Å². The van der Waals surface area contributed by atoms with Gasteiger partial charge in [-0.3, -0.25) is 4.57 Å². The molecule has 0 amide bonds. The molecule has 0 N–H and O–H groups in total. The standard InChI is InChI=1S/C13H11F2O4PS/c14-19-21(17,18)10-11-6-4-5-9-13(11)20(15,16)12-7-2-1-3-8-12/h1-9H,10H2. The van der Waals surface area contributed by atoms with E-state index in [1.807, 2.05) is 0 Å². The molecule has 2 rings (SSSR count). The van der Waals surface area contributed by atoms with E-state index in [0.717, 1.165) is 0 Å². The largest absolute Gasteiger partial charge is 0.302 e. The molecule has 0 fully saturated rings. The molecule has 8 heteroatoms. The van der Waals surface area contributed by atoms with Crippen molar-refractivity contribution in [3.8, 4) is 0 Å². The first-order valence-electron chi connectivity index (χ1n) is 5.83. The zero-order valence-corrected chi connectivity index (χ0v) is 12.4. The van der Waals surface area contributed by atoms with Crippen LogP contribution in [0.15, 0.2) is 54.6 Å². The quantitative estimate of drug-likeness (QED) is 0.790. The smallest absolute Gasteiger partial charge is 0.277 e. The highest BCUT2D eigenvalue weighted by atomic mass is 32.2. The van der Waals surface area contributed by atoms with Gasteiger partial charge in [0.1, 0.15) is 5.75 Å². The van der Waals surface area contributed by atoms with Gasteiger partial charge in [-0.1, -0.05) is 40.8 Å². The second-order valence-electron chi connectivity index (χ2n) is 4.26. The highest BCUT2D eigenvalue weighted by Gasteiger charge is 2.30. The second-order valence-corrected chi connectivity index (χ2v) is 7.85. The Morgan fingerprint density at radius 2 is 1.57 bits per heavy atom. The third kappa shape index (κ3) is 3.56. The van der Waals surface area contributed by atoms with E-state index in [0.29, 0.717) is 0 Å². The number of benzene rings is 2. The van der Waals surface area contributed by atoms with E-state index in [1.54, 1.807) is 6.07 Å². The molecule has 0 bridgehead atoms. The normalized spacial score (nSPS) is 14.6. The molecule has 21 heavy (non-hydrogen) atoms. The minimum absolute atomic E-state index is 0.0592. The van der Waals surface area contributed by atoms with Gasteiger partial charge in [0, 0.05) is 10.6 Å². The zero-order chi connectivity index (χ0) is 15.5. The van der Waals surface area contributed by atoms with Gasteiger partial charge < -0.3 is 0 Å². The van der Waals surface area contributed by atoms with E-state index < -0.39 is 23.3 Å². The topological polar surface area (TPSA) is 60.4 Å². The van der Waals surface area contributed by atoms with Crippen molar-refractivity contribution in [3.63, 3.8) is 0 Å². The zero-order valence-electron chi connectivity index (χ0n) is 10.6. The summed E-state index contributed by atoms with van der Waals surface area (Å²) in [5.41, 5.74) is -0.107. The summed E-state index contributed by atoms with van der Waals surface area (Å²) < 4.78 is 64.3. The van der Waals surface area contributed by atoms with Crippen molar-refractivity contribution in [2.24, 2.45) is 0 Å². The van der Waals surface area contributed by atoms with Crippen LogP contribution in [0.25, 0.3) is 0 Å². The van der Waals surface area contributed by atoms with Gasteiger partial charge >= 0.3 is 10.1 Å². The van der Waals surface area contributed by atoms with Crippen molar-refractivity contribution in [1.29, 1.82) is 0 Å². The van der Waals surface area contributed by atoms with E-state index >= 15 is 0 Å². The molecular weight excluding hydrogens is 321 g/mol. The van der Waals surface area contributed by atoms with Gasteiger partial charge in [-0.25, -0.2) is 0 Å². The van der Waals surface area contributed by atoms with E-state index in [2.05, 4.69) is 4.39 Å². The first kappa shape index (κ1) is 15.8. The van der Waals surface area contributed by atoms with Crippen LogP contribution in [0.3, 0.4) is 0 Å². The predicted molar refractivity (Wildman–Crippen MR) is 75.7 cm³/mol. The van der Waals surface area contributed by atoms with Crippen molar-refractivity contribution in [2.75, 3.05) is 0 Å². The summed E-state index contributed by atoms with van der Waals surface area (Å²) in [6, 6.07) is 12.7. The van der Waals surface area contributed by atoms with Crippen LogP contribution in [0.5, 0.6) is 0 Å². The van der Waals surface area contributed by atoms with Crippen LogP contribution in [0.4, 0.5) is 8.72 Å². The first-order chi connectivity index (χ1) is 9.87. The van der Waals surface area contributed by atoms with Crippen molar-refractivity contribution in [3.05, 3.63) is 60.2 Å². The van der Waals surface area contributed by atoms with E-state index in [4.69, 9.17) is 0 Å². The summed E-state index contributed by atoms with van der Waals surface area (Å²) in [4.78, 5) is 0. The van der Waals surface area contributed by atoms with Crippen LogP contribution in [0.1, 0.15) is 5.56 Å². The molecule has 1 unspecified atom stereocenters. The van der Waals surface area contributed by atoms with Crippen molar-refractivity contribution < 1.29 is 26.1 Å². The van der Waals surface area contributed by atoms with Crippen molar-refractivity contribution >= 4 is 28.2 Å². The fourth-order valence-corrected chi connectivity index (χ4v) is 4.30. The van der Waals surface area contributed by atoms with E-state index in [-0.39, 0.29) is 16.2 Å². The Bertz CT molecular complexity index is 778. The monoisotopic (exact) mass is 332 g/mol. The number of hydrogen-bond acceptors (Lipinski definition) is 4. The molecule has 0 spiro atoms. The maximum absolute atomic E-state index is 14.7. The van der Waals surface area contributed by atoms with Gasteiger partial charge in [0.15, 0.2) is 0 Å². The fraction of sp³-hybridized carbons (Fsp3) is 0.0769. The Balaban J connectivity index is 2.53. The molecule has 0 aliphatic rings. The summed E-state index contributed by atoms with van der Waals surface area (Å²) in [7, 11) is -8.97. The van der Waals surface area contributed by atoms with Gasteiger partial charge in [0.2, 0.25) is 0 Å². The molecule has 0 radical (unpaired) electrons. The van der Waals surface area contributed by atoms with Gasteiger partial charge in [0.05, 0.1) is 0 Å². The highest BCUT2D eigenvalue weighted by molar-refractivity contribution is 7.85. The molecule has 0 heterocycles. The minimum Gasteiger partial charge on any atom is -0.277 e. The lowest BCUT2D eigenvalue weighted by Crippen LogP contribution is -2.19. The molecule has 0 saturated heterocycles. The minimum atomic E-state index is -4.49. The summed E-state index contributed by atoms with van der Waals surface area (Å²) in [5, 5.41) is -0.340. The van der Waals surface area contributed by atoms with Crippen molar-refractivity contribution in [1.82, 2.24) is 0 Å². The Labute approximate surface area is 120 Å². The third-order valence-electron chi connectivity index (χ3n) is 2.82. The Morgan fingerprint density at radius 3 is 2.19 bits per heavy atom. The van der Waals surface area contributed by atoms with E-state index in [1.165, 1.54) is 48.5 Å². The first-order valence-corrected chi connectivity index (χ1v) is 9.01. The number of halogens is 2. The van der Waals surface area contributed by atoms with Crippen LogP contribution in [0.2, 0.25) is 0 Å². The lowest BCUT2D eigenvalue weighted by Gasteiger charge is -2.13. The Morgan fingerprint density at radius 1 is 1.00 bits per heavy atom. The van der Waals surface area contributed by atoms with Gasteiger partial charge in [-0.2, -0.15) is 12.6 Å². The number of hydrogen-bond donors (Lipinski definition) is 0. The van der Waals surface area contributed by atoms with Crippen LogP contribution >= 0.6 is 7.45 Å². The average molecular weight is 332 g/mol. The Kier molecular flexibility index (Phi) is 4.56. The molecule has 2 aromatic carbocycles. The molecule has 112 valence electrons. The molecule has 4 nitrogen and oxygen atoms in total. The summed E-state index contributed by atoms with van der Waals surface area (Å²) in [6.07, 6.45) is 0. The lowest BCUT2D eigenvalue weighted by atomic mass is 10.2. The van der Waals surface area contributed by atoms with E-state index in [9.17, 15) is 21.7 Å². The molecule has 0 saturated carbocycles. The van der Waals surface area contributed by atoms with Gasteiger partial charge in [-0.15, -0.1) is 0 Å². The third-order valence-corrected chi connectivity index (χ3v) is 5.69. The molecule has 1 atom stereocenters. The fourth-order valence-electron chi connectivity index (χ4n) is 1.88. The Hall–Kier alpha value is -1.56. The molecular formula is C13H11F2O4PS. The summed E-state index contributed by atoms with van der Waals surface area (Å²) in [6.45, 7) is 0. The maximum Gasteiger partial charge on any atom is 0.302 e. The average Bonchev–Trinajstić information content (AvgIpc) is 2.48. The van der Waals surface area contributed by atoms with Crippen molar-refractivity contribution in [2.45, 2.75) is 5.75 Å². The van der Waals surface area contributed by atoms with Crippen LogP contribution in [0, 0.1) is 0 Å². The number of rotatable bonds is 5. The maximum atomic E-state index is 14.7. The van der Waals surface area contributed by atoms with Gasteiger partial charge in [0.25, 0.3) is 7.45 Å². The molecule has 2 aromatic rings. The van der Waals surface area contributed by atoms with Crippen LogP contribution in [-0.4, -0.2) is 8.42 Å². The SMILES string of the molecule is O=P(F)(c1ccccc1)c1ccccc1CS(=O)(=O)OF. The molecule has 0 aliphatic carbocycles. The highest BCUT2D eigenvalue weighted by Crippen LogP contribution is 2.45. The predicted octanol–water partition coefficient (Wildman–Crippen LogP) is 2.62. The lowest BCUT2D eigenvalue weighted by molar-refractivity contribution is 0.00259. The van der Waals surface area contributed by atoms with Crippen LogP contribution < -0.4 is 10.6 Å². The second kappa shape index (κ2) is 6.05. The van der Waals surface area contributed by atoms with Gasteiger partial charge in [-0.05, 0) is 28.3 Å². The summed E-state index contributed by atoms with van der Waals surface area (Å²) in [5.74, 6) is -0.902.